The number of rotatable bonds is 4. The van der Waals surface area contributed by atoms with Crippen LogP contribution in [0.15, 0.2) is 16.9 Å². The van der Waals surface area contributed by atoms with Crippen molar-refractivity contribution in [3.05, 3.63) is 33.9 Å². The number of aryl methyl sites for hydroxylation is 1. The van der Waals surface area contributed by atoms with Gasteiger partial charge < -0.3 is 5.32 Å². The van der Waals surface area contributed by atoms with Gasteiger partial charge in [-0.05, 0) is 35.7 Å². The molecule has 2 aromatic heterocycles. The number of hydrogen-bond acceptors (Lipinski definition) is 4. The number of halogens is 1. The summed E-state index contributed by atoms with van der Waals surface area (Å²) in [4.78, 5) is 8.99. The summed E-state index contributed by atoms with van der Waals surface area (Å²) in [5, 5.41) is 7.58. The number of nitrogens with zero attached hydrogens (tertiary/aromatic N) is 4. The Hall–Kier alpha value is -1.43. The first-order valence-corrected chi connectivity index (χ1v) is 7.18. The van der Waals surface area contributed by atoms with Gasteiger partial charge in [0, 0.05) is 36.8 Å². The first-order valence-electron chi connectivity index (χ1n) is 6.39. The minimum atomic E-state index is 0.554. The summed E-state index contributed by atoms with van der Waals surface area (Å²) in [6.07, 6.45) is 4.30. The summed E-state index contributed by atoms with van der Waals surface area (Å²) in [5.74, 6) is 2.37. The van der Waals surface area contributed by atoms with Crippen molar-refractivity contribution in [2.24, 2.45) is 7.05 Å². The predicted molar refractivity (Wildman–Crippen MR) is 77.0 cm³/mol. The quantitative estimate of drug-likeness (QED) is 0.880. The molecule has 19 heavy (non-hydrogen) atoms. The van der Waals surface area contributed by atoms with Gasteiger partial charge in [-0.25, -0.2) is 9.97 Å². The largest absolute Gasteiger partial charge is 0.366 e. The Labute approximate surface area is 120 Å². The number of aromatic nitrogens is 4. The van der Waals surface area contributed by atoms with Crippen molar-refractivity contribution in [2.45, 2.75) is 32.2 Å². The molecule has 1 saturated carbocycles. The molecule has 0 bridgehead atoms. The van der Waals surface area contributed by atoms with Crippen LogP contribution < -0.4 is 5.32 Å². The Morgan fingerprint density at radius 2 is 2.21 bits per heavy atom. The van der Waals surface area contributed by atoms with E-state index < -0.39 is 0 Å². The highest BCUT2D eigenvalue weighted by Gasteiger charge is 2.27. The van der Waals surface area contributed by atoms with Crippen molar-refractivity contribution < 1.29 is 0 Å². The third-order valence-electron chi connectivity index (χ3n) is 3.45. The molecule has 0 saturated heterocycles. The summed E-state index contributed by atoms with van der Waals surface area (Å²) in [5.41, 5.74) is 2.35. The molecule has 0 amide bonds. The van der Waals surface area contributed by atoms with E-state index in [1.807, 2.05) is 24.0 Å². The average molecular weight is 322 g/mol. The van der Waals surface area contributed by atoms with Crippen molar-refractivity contribution in [3.63, 3.8) is 0 Å². The van der Waals surface area contributed by atoms with Crippen molar-refractivity contribution in [1.82, 2.24) is 19.7 Å². The van der Waals surface area contributed by atoms with E-state index in [0.29, 0.717) is 5.92 Å². The molecule has 100 valence electrons. The van der Waals surface area contributed by atoms with Gasteiger partial charge in [-0.15, -0.1) is 0 Å². The zero-order chi connectivity index (χ0) is 13.4. The molecule has 6 heteroatoms. The number of nitrogens with one attached hydrogen (secondary N) is 1. The molecule has 3 rings (SSSR count). The fourth-order valence-electron chi connectivity index (χ4n) is 1.95. The van der Waals surface area contributed by atoms with E-state index in [9.17, 15) is 0 Å². The van der Waals surface area contributed by atoms with Crippen LogP contribution in [-0.4, -0.2) is 19.7 Å². The number of anilines is 1. The molecule has 0 aliphatic heterocycles. The summed E-state index contributed by atoms with van der Waals surface area (Å²) in [6, 6.07) is 1.91. The van der Waals surface area contributed by atoms with Crippen molar-refractivity contribution in [2.75, 3.05) is 5.32 Å². The zero-order valence-corrected chi connectivity index (χ0v) is 12.6. The third kappa shape index (κ3) is 2.78. The molecular weight excluding hydrogens is 306 g/mol. The van der Waals surface area contributed by atoms with Gasteiger partial charge in [-0.3, -0.25) is 4.68 Å². The Morgan fingerprint density at radius 1 is 1.42 bits per heavy atom. The molecule has 1 aliphatic carbocycles. The van der Waals surface area contributed by atoms with Gasteiger partial charge in [0.1, 0.15) is 16.2 Å². The van der Waals surface area contributed by atoms with E-state index in [0.717, 1.165) is 22.8 Å². The van der Waals surface area contributed by atoms with Gasteiger partial charge in [0.15, 0.2) is 0 Å². The number of hydrogen-bond donors (Lipinski definition) is 1. The molecule has 0 spiro atoms. The van der Waals surface area contributed by atoms with Crippen molar-refractivity contribution >= 4 is 21.7 Å². The van der Waals surface area contributed by atoms with Crippen LogP contribution in [0.2, 0.25) is 0 Å². The molecule has 2 heterocycles. The van der Waals surface area contributed by atoms with E-state index in [-0.39, 0.29) is 0 Å². The zero-order valence-electron chi connectivity index (χ0n) is 11.0. The van der Waals surface area contributed by atoms with Gasteiger partial charge in [0.25, 0.3) is 0 Å². The van der Waals surface area contributed by atoms with Gasteiger partial charge in [-0.1, -0.05) is 0 Å². The summed E-state index contributed by atoms with van der Waals surface area (Å²) in [6.45, 7) is 2.79. The molecule has 2 aromatic rings. The lowest BCUT2D eigenvalue weighted by Gasteiger charge is -2.07. The lowest BCUT2D eigenvalue weighted by Crippen LogP contribution is -2.05. The van der Waals surface area contributed by atoms with Gasteiger partial charge >= 0.3 is 0 Å². The first-order chi connectivity index (χ1) is 9.13. The van der Waals surface area contributed by atoms with Crippen LogP contribution in [0.25, 0.3) is 0 Å². The maximum atomic E-state index is 4.57. The van der Waals surface area contributed by atoms with E-state index in [1.54, 1.807) is 0 Å². The SMILES string of the molecule is Cc1c(CNc2cc(Br)nc(C3CC3)n2)cnn1C. The highest BCUT2D eigenvalue weighted by atomic mass is 79.9. The van der Waals surface area contributed by atoms with Crippen LogP contribution in [0.5, 0.6) is 0 Å². The van der Waals surface area contributed by atoms with Gasteiger partial charge in [0.2, 0.25) is 0 Å². The van der Waals surface area contributed by atoms with Gasteiger partial charge in [-0.2, -0.15) is 5.10 Å². The van der Waals surface area contributed by atoms with Crippen LogP contribution in [-0.2, 0) is 13.6 Å². The molecule has 0 aromatic carbocycles. The summed E-state index contributed by atoms with van der Waals surface area (Å²) >= 11 is 3.45. The van der Waals surface area contributed by atoms with E-state index in [1.165, 1.54) is 24.1 Å². The Morgan fingerprint density at radius 3 is 2.84 bits per heavy atom. The lowest BCUT2D eigenvalue weighted by molar-refractivity contribution is 0.738. The van der Waals surface area contributed by atoms with Crippen LogP contribution in [0, 0.1) is 6.92 Å². The monoisotopic (exact) mass is 321 g/mol. The van der Waals surface area contributed by atoms with Crippen molar-refractivity contribution in [1.29, 1.82) is 0 Å². The highest BCUT2D eigenvalue weighted by Crippen LogP contribution is 2.38. The van der Waals surface area contributed by atoms with Crippen molar-refractivity contribution in [3.8, 4) is 0 Å². The Balaban J connectivity index is 1.74. The molecular formula is C13H16BrN5. The van der Waals surface area contributed by atoms with E-state index in [4.69, 9.17) is 0 Å². The molecule has 1 aliphatic rings. The summed E-state index contributed by atoms with van der Waals surface area (Å²) in [7, 11) is 1.95. The minimum Gasteiger partial charge on any atom is -0.366 e. The van der Waals surface area contributed by atoms with E-state index >= 15 is 0 Å². The van der Waals surface area contributed by atoms with Crippen LogP contribution >= 0.6 is 15.9 Å². The molecule has 0 unspecified atom stereocenters. The fraction of sp³-hybridized carbons (Fsp3) is 0.462. The second-order valence-electron chi connectivity index (χ2n) is 4.94. The normalized spacial score (nSPS) is 14.7. The van der Waals surface area contributed by atoms with Gasteiger partial charge in [0.05, 0.1) is 6.20 Å². The molecule has 0 radical (unpaired) electrons. The molecule has 1 fully saturated rings. The minimum absolute atomic E-state index is 0.554. The average Bonchev–Trinajstić information content (AvgIpc) is 3.17. The molecule has 5 nitrogen and oxygen atoms in total. The van der Waals surface area contributed by atoms with E-state index in [2.05, 4.69) is 43.2 Å². The van der Waals surface area contributed by atoms with Crippen LogP contribution in [0.1, 0.15) is 35.8 Å². The maximum absolute atomic E-state index is 4.57. The third-order valence-corrected chi connectivity index (χ3v) is 3.86. The molecule has 1 N–H and O–H groups in total. The second kappa shape index (κ2) is 4.92. The molecule has 0 atom stereocenters. The van der Waals surface area contributed by atoms with Crippen LogP contribution in [0.3, 0.4) is 0 Å². The smallest absolute Gasteiger partial charge is 0.135 e. The Kier molecular flexibility index (Phi) is 3.26. The first kappa shape index (κ1) is 12.6. The predicted octanol–water partition coefficient (Wildman–Crippen LogP) is 2.77. The standard InChI is InChI=1S/C13H16BrN5/c1-8-10(7-16-19(8)2)6-15-12-5-11(14)17-13(18-12)9-3-4-9/h5,7,9H,3-4,6H2,1-2H3,(H,15,17,18). The second-order valence-corrected chi connectivity index (χ2v) is 5.75. The Bertz CT molecular complexity index is 603. The lowest BCUT2D eigenvalue weighted by atomic mass is 10.2. The van der Waals surface area contributed by atoms with Crippen LogP contribution in [0.4, 0.5) is 5.82 Å². The maximum Gasteiger partial charge on any atom is 0.135 e. The topological polar surface area (TPSA) is 55.6 Å². The summed E-state index contributed by atoms with van der Waals surface area (Å²) < 4.78 is 2.72. The fourth-order valence-corrected chi connectivity index (χ4v) is 2.35. The highest BCUT2D eigenvalue weighted by molar-refractivity contribution is 9.10.